The topological polar surface area (TPSA) is 96.7 Å². The summed E-state index contributed by atoms with van der Waals surface area (Å²) in [4.78, 5) is 18.4. The minimum Gasteiger partial charge on any atom is -0.474 e. The molecule has 1 aliphatic rings. The van der Waals surface area contributed by atoms with Crippen molar-refractivity contribution >= 4 is 59.4 Å². The van der Waals surface area contributed by atoms with Gasteiger partial charge in [-0.1, -0.05) is 65.1 Å². The first-order valence-electron chi connectivity index (χ1n) is 8.20. The molecule has 29 heavy (non-hydrogen) atoms. The van der Waals surface area contributed by atoms with Crippen LogP contribution in [0, 0.1) is 0 Å². The second-order valence-corrected chi connectivity index (χ2v) is 12.6. The summed E-state index contributed by atoms with van der Waals surface area (Å²) in [7, 11) is 1.43. The van der Waals surface area contributed by atoms with Gasteiger partial charge in [-0.3, -0.25) is 0 Å². The van der Waals surface area contributed by atoms with Gasteiger partial charge in [-0.15, -0.1) is 0 Å². The summed E-state index contributed by atoms with van der Waals surface area (Å²) in [6.45, 7) is 0.978. The Balaban J connectivity index is 1.86. The molecule has 0 bridgehead atoms. The van der Waals surface area contributed by atoms with Crippen molar-refractivity contribution in [3.05, 3.63) is 42.1 Å². The van der Waals surface area contributed by atoms with E-state index in [4.69, 9.17) is 23.9 Å². The predicted octanol–water partition coefficient (Wildman–Crippen LogP) is 4.20. The third-order valence-electron chi connectivity index (χ3n) is 3.28. The van der Waals surface area contributed by atoms with E-state index in [2.05, 4.69) is 68.1 Å². The van der Waals surface area contributed by atoms with E-state index in [1.165, 1.54) is 13.3 Å². The van der Waals surface area contributed by atoms with Crippen LogP contribution in [-0.2, 0) is 14.4 Å². The molecule has 1 aromatic heterocycles. The van der Waals surface area contributed by atoms with E-state index in [1.54, 1.807) is 24.3 Å². The van der Waals surface area contributed by atoms with E-state index >= 15 is 0 Å². The zero-order valence-corrected chi connectivity index (χ0v) is 19.8. The third-order valence-corrected chi connectivity index (χ3v) is 3.97. The fourth-order valence-electron chi connectivity index (χ4n) is 2.17. The highest BCUT2D eigenvalue weighted by Gasteiger charge is 2.23. The van der Waals surface area contributed by atoms with E-state index in [0.717, 1.165) is 0 Å². The fraction of sp³-hybridized carbons (Fsp3) is 0.294. The highest BCUT2D eigenvalue weighted by Crippen LogP contribution is 2.34. The van der Waals surface area contributed by atoms with Crippen molar-refractivity contribution in [2.24, 2.45) is 10.3 Å². The average molecular weight is 595 g/mol. The maximum atomic E-state index is 5.88. The van der Waals surface area contributed by atoms with Crippen LogP contribution in [0.25, 0.3) is 0 Å². The standard InChI is InChI=1S/C17H15Br3N4O5/c1-25-23-14(15-24-28-9-8-26-15)11-4-2-3-5-12(11)29-16-21-7-6-13(22-16)27-10-17(18,19)20/h2-7H,8-10H2,1H3. The van der Waals surface area contributed by atoms with Crippen LogP contribution in [0.2, 0.25) is 0 Å². The molecular formula is C17H15Br3N4O5. The third kappa shape index (κ3) is 6.54. The van der Waals surface area contributed by atoms with Crippen molar-refractivity contribution in [1.29, 1.82) is 0 Å². The fourth-order valence-corrected chi connectivity index (χ4v) is 2.52. The smallest absolute Gasteiger partial charge is 0.325 e. The lowest BCUT2D eigenvalue weighted by molar-refractivity contribution is 0.0672. The Morgan fingerprint density at radius 1 is 1.21 bits per heavy atom. The molecule has 0 radical (unpaired) electrons. The molecule has 154 valence electrons. The summed E-state index contributed by atoms with van der Waals surface area (Å²) in [6, 6.07) is 8.86. The van der Waals surface area contributed by atoms with Gasteiger partial charge in [-0.2, -0.15) is 4.98 Å². The molecule has 1 aromatic carbocycles. The minimum absolute atomic E-state index is 0.0961. The molecule has 0 unspecified atom stereocenters. The van der Waals surface area contributed by atoms with Gasteiger partial charge in [0, 0.05) is 12.3 Å². The van der Waals surface area contributed by atoms with Crippen LogP contribution < -0.4 is 9.47 Å². The summed E-state index contributed by atoms with van der Waals surface area (Å²) >= 11 is 10.1. The summed E-state index contributed by atoms with van der Waals surface area (Å²) in [6.07, 6.45) is 1.53. The SMILES string of the molecule is CON=C(C1=NOCCO1)c1ccccc1Oc1nccc(OCC(Br)(Br)Br)n1. The Hall–Kier alpha value is -1.92. The van der Waals surface area contributed by atoms with E-state index in [-0.39, 0.29) is 18.5 Å². The maximum absolute atomic E-state index is 5.88. The van der Waals surface area contributed by atoms with E-state index < -0.39 is 2.14 Å². The number of nitrogens with zero attached hydrogens (tertiary/aromatic N) is 4. The van der Waals surface area contributed by atoms with E-state index in [0.29, 0.717) is 36.1 Å². The van der Waals surface area contributed by atoms with E-state index in [1.807, 2.05) is 6.07 Å². The van der Waals surface area contributed by atoms with Crippen LogP contribution in [0.15, 0.2) is 46.8 Å². The Morgan fingerprint density at radius 3 is 2.76 bits per heavy atom. The second kappa shape index (κ2) is 10.2. The van der Waals surface area contributed by atoms with Gasteiger partial charge in [0.05, 0.1) is 5.56 Å². The normalized spacial score (nSPS) is 14.3. The number of hydrogen-bond donors (Lipinski definition) is 0. The summed E-state index contributed by atoms with van der Waals surface area (Å²) in [5.41, 5.74) is 0.881. The van der Waals surface area contributed by atoms with Crippen molar-refractivity contribution in [3.63, 3.8) is 0 Å². The molecule has 0 saturated heterocycles. The van der Waals surface area contributed by atoms with Crippen LogP contribution >= 0.6 is 47.8 Å². The minimum atomic E-state index is -0.556. The monoisotopic (exact) mass is 592 g/mol. The summed E-state index contributed by atoms with van der Waals surface area (Å²) in [5.74, 6) is 0.956. The van der Waals surface area contributed by atoms with Crippen molar-refractivity contribution in [3.8, 4) is 17.6 Å². The van der Waals surface area contributed by atoms with Crippen molar-refractivity contribution in [1.82, 2.24) is 9.97 Å². The van der Waals surface area contributed by atoms with Gasteiger partial charge >= 0.3 is 6.01 Å². The van der Waals surface area contributed by atoms with Crippen LogP contribution in [0.3, 0.4) is 0 Å². The molecule has 12 heteroatoms. The second-order valence-electron chi connectivity index (χ2n) is 5.38. The van der Waals surface area contributed by atoms with Crippen molar-refractivity contribution in [2.45, 2.75) is 2.14 Å². The first-order valence-corrected chi connectivity index (χ1v) is 10.6. The molecule has 0 spiro atoms. The molecule has 0 aliphatic carbocycles. The molecule has 0 amide bonds. The van der Waals surface area contributed by atoms with Gasteiger partial charge < -0.3 is 23.9 Å². The molecular weight excluding hydrogens is 580 g/mol. The van der Waals surface area contributed by atoms with Gasteiger partial charge in [0.1, 0.15) is 26.1 Å². The lowest BCUT2D eigenvalue weighted by Gasteiger charge is -2.16. The van der Waals surface area contributed by atoms with E-state index in [9.17, 15) is 0 Å². The molecule has 9 nitrogen and oxygen atoms in total. The first-order chi connectivity index (χ1) is 14.0. The van der Waals surface area contributed by atoms with Crippen molar-refractivity contribution in [2.75, 3.05) is 26.9 Å². The van der Waals surface area contributed by atoms with Gasteiger partial charge in [-0.05, 0) is 17.3 Å². The molecule has 0 atom stereocenters. The van der Waals surface area contributed by atoms with Gasteiger partial charge in [-0.25, -0.2) is 4.98 Å². The highest BCUT2D eigenvalue weighted by atomic mass is 80.0. The largest absolute Gasteiger partial charge is 0.474 e. The number of benzene rings is 1. The van der Waals surface area contributed by atoms with Crippen LogP contribution in [0.4, 0.5) is 0 Å². The molecule has 0 saturated carbocycles. The Bertz CT molecular complexity index is 905. The Morgan fingerprint density at radius 2 is 2.03 bits per heavy atom. The number of halogens is 3. The number of oxime groups is 2. The number of rotatable bonds is 7. The number of hydrogen-bond acceptors (Lipinski definition) is 9. The van der Waals surface area contributed by atoms with Gasteiger partial charge in [0.25, 0.3) is 5.90 Å². The molecule has 2 aromatic rings. The Labute approximate surface area is 191 Å². The molecule has 0 N–H and O–H groups in total. The van der Waals surface area contributed by atoms with Gasteiger partial charge in [0.15, 0.2) is 14.5 Å². The summed E-state index contributed by atoms with van der Waals surface area (Å²) < 4.78 is 16.4. The molecule has 2 heterocycles. The lowest BCUT2D eigenvalue weighted by Crippen LogP contribution is -2.25. The summed E-state index contributed by atoms with van der Waals surface area (Å²) in [5, 5.41) is 7.91. The zero-order valence-electron chi connectivity index (χ0n) is 15.0. The van der Waals surface area contributed by atoms with Gasteiger partial charge in [0.2, 0.25) is 5.88 Å². The highest BCUT2D eigenvalue weighted by molar-refractivity contribution is 9.39. The molecule has 1 aliphatic heterocycles. The lowest BCUT2D eigenvalue weighted by atomic mass is 10.1. The Kier molecular flexibility index (Phi) is 7.67. The average Bonchev–Trinajstić information content (AvgIpc) is 2.72. The van der Waals surface area contributed by atoms with Crippen molar-refractivity contribution < 1.29 is 23.9 Å². The zero-order chi connectivity index (χ0) is 20.7. The predicted molar refractivity (Wildman–Crippen MR) is 116 cm³/mol. The maximum Gasteiger partial charge on any atom is 0.325 e. The number of alkyl halides is 3. The number of para-hydroxylation sites is 1. The van der Waals surface area contributed by atoms with Crippen LogP contribution in [0.1, 0.15) is 5.56 Å². The number of aromatic nitrogens is 2. The molecule has 3 rings (SSSR count). The quantitative estimate of drug-likeness (QED) is 0.269. The first kappa shape index (κ1) is 21.8. The molecule has 0 fully saturated rings. The van der Waals surface area contributed by atoms with Crippen LogP contribution in [-0.4, -0.2) is 50.7 Å². The van der Waals surface area contributed by atoms with Crippen LogP contribution in [0.5, 0.6) is 17.6 Å². The number of ether oxygens (including phenoxy) is 3.